The van der Waals surface area contributed by atoms with Crippen LogP contribution in [0.15, 0.2) is 72.4 Å². The Balaban J connectivity index is 1.90. The molecule has 1 aromatic heterocycles. The predicted octanol–water partition coefficient (Wildman–Crippen LogP) is 4.25. The lowest BCUT2D eigenvalue weighted by molar-refractivity contribution is -0.117. The van der Waals surface area contributed by atoms with Gasteiger partial charge in [-0.1, -0.05) is 60.7 Å². The van der Waals surface area contributed by atoms with Crippen LogP contribution in [0.2, 0.25) is 0 Å². The van der Waals surface area contributed by atoms with Crippen molar-refractivity contribution < 1.29 is 4.79 Å². The molecule has 0 aliphatic carbocycles. The summed E-state index contributed by atoms with van der Waals surface area (Å²) in [6, 6.07) is 23.0. The zero-order valence-electron chi connectivity index (χ0n) is 16.6. The van der Waals surface area contributed by atoms with Gasteiger partial charge in [-0.15, -0.1) is 0 Å². The Morgan fingerprint density at radius 2 is 1.80 bits per heavy atom. The molecule has 30 heavy (non-hydrogen) atoms. The number of carbonyl (C=O) groups excluding carboxylic acids is 1. The van der Waals surface area contributed by atoms with E-state index >= 15 is 0 Å². The molecule has 6 heteroatoms. The lowest BCUT2D eigenvalue weighted by Gasteiger charge is -2.13. The standard InChI is InChI=1S/C24H21N5O/c1-18(19-9-4-2-5-10-19)27-24(30)21(16-26)15-22-17-29(14-8-13-25)28-23(22)20-11-6-3-7-12-20/h2-7,9-12,15,17-18H,8,14H2,1H3,(H,27,30)/b21-15+/t18-/m0/s1. The normalized spacial score (nSPS) is 11.9. The molecule has 0 unspecified atom stereocenters. The number of nitrogens with one attached hydrogen (secondary N) is 1. The molecule has 1 heterocycles. The zero-order valence-corrected chi connectivity index (χ0v) is 16.6. The van der Waals surface area contributed by atoms with Crippen LogP contribution in [0, 0.1) is 22.7 Å². The van der Waals surface area contributed by atoms with Gasteiger partial charge in [0.1, 0.15) is 11.6 Å². The molecule has 0 spiro atoms. The van der Waals surface area contributed by atoms with Crippen LogP contribution >= 0.6 is 0 Å². The second-order valence-corrected chi connectivity index (χ2v) is 6.75. The molecule has 148 valence electrons. The lowest BCUT2D eigenvalue weighted by Crippen LogP contribution is -2.27. The van der Waals surface area contributed by atoms with Crippen LogP contribution in [0.5, 0.6) is 0 Å². The van der Waals surface area contributed by atoms with Crippen molar-refractivity contribution in [3.05, 3.63) is 83.6 Å². The molecule has 2 aromatic carbocycles. The maximum Gasteiger partial charge on any atom is 0.262 e. The minimum absolute atomic E-state index is 0.00482. The third-order valence-corrected chi connectivity index (χ3v) is 4.60. The average molecular weight is 395 g/mol. The molecule has 1 amide bonds. The number of hydrogen-bond donors (Lipinski definition) is 1. The fourth-order valence-electron chi connectivity index (χ4n) is 3.05. The number of hydrogen-bond acceptors (Lipinski definition) is 4. The molecule has 1 N–H and O–H groups in total. The highest BCUT2D eigenvalue weighted by atomic mass is 16.1. The Morgan fingerprint density at radius 1 is 1.13 bits per heavy atom. The quantitative estimate of drug-likeness (QED) is 0.478. The summed E-state index contributed by atoms with van der Waals surface area (Å²) in [5, 5.41) is 25.9. The molecule has 0 fully saturated rings. The summed E-state index contributed by atoms with van der Waals surface area (Å²) in [5.74, 6) is -0.447. The van der Waals surface area contributed by atoms with E-state index in [1.54, 1.807) is 17.0 Å². The minimum atomic E-state index is -0.447. The second-order valence-electron chi connectivity index (χ2n) is 6.75. The van der Waals surface area contributed by atoms with Crippen LogP contribution in [-0.2, 0) is 11.3 Å². The molecule has 3 rings (SSSR count). The third-order valence-electron chi connectivity index (χ3n) is 4.60. The van der Waals surface area contributed by atoms with Gasteiger partial charge in [-0.25, -0.2) is 0 Å². The molecule has 3 aromatic rings. The van der Waals surface area contributed by atoms with Crippen LogP contribution in [0.1, 0.15) is 30.5 Å². The van der Waals surface area contributed by atoms with Crippen molar-refractivity contribution in [2.75, 3.05) is 0 Å². The van der Waals surface area contributed by atoms with Crippen molar-refractivity contribution in [3.63, 3.8) is 0 Å². The fourth-order valence-corrected chi connectivity index (χ4v) is 3.05. The summed E-state index contributed by atoms with van der Waals surface area (Å²) in [7, 11) is 0. The van der Waals surface area contributed by atoms with Gasteiger partial charge in [-0.2, -0.15) is 15.6 Å². The predicted molar refractivity (Wildman–Crippen MR) is 114 cm³/mol. The molecule has 0 bridgehead atoms. The average Bonchev–Trinajstić information content (AvgIpc) is 3.19. The van der Waals surface area contributed by atoms with Gasteiger partial charge in [0.15, 0.2) is 0 Å². The van der Waals surface area contributed by atoms with Crippen molar-refractivity contribution in [1.29, 1.82) is 10.5 Å². The van der Waals surface area contributed by atoms with E-state index in [0.29, 0.717) is 24.2 Å². The first kappa shape index (κ1) is 20.6. The first-order valence-corrected chi connectivity index (χ1v) is 9.60. The molecule has 0 aliphatic rings. The highest BCUT2D eigenvalue weighted by molar-refractivity contribution is 6.02. The van der Waals surface area contributed by atoms with Gasteiger partial charge in [0.2, 0.25) is 0 Å². The fraction of sp³-hybridized carbons (Fsp3) is 0.167. The zero-order chi connectivity index (χ0) is 21.3. The van der Waals surface area contributed by atoms with E-state index in [9.17, 15) is 10.1 Å². The Kier molecular flexibility index (Phi) is 6.76. The van der Waals surface area contributed by atoms with E-state index in [2.05, 4.69) is 16.5 Å². The molecule has 1 atom stereocenters. The van der Waals surface area contributed by atoms with E-state index in [1.165, 1.54) is 0 Å². The van der Waals surface area contributed by atoms with Crippen LogP contribution in [0.4, 0.5) is 0 Å². The third kappa shape index (κ3) is 5.01. The Hall–Kier alpha value is -4.16. The Morgan fingerprint density at radius 3 is 2.43 bits per heavy atom. The molecule has 0 aliphatic heterocycles. The van der Waals surface area contributed by atoms with Crippen molar-refractivity contribution in [2.24, 2.45) is 0 Å². The first-order valence-electron chi connectivity index (χ1n) is 9.60. The number of aryl methyl sites for hydroxylation is 1. The Labute approximate surface area is 175 Å². The van der Waals surface area contributed by atoms with E-state index in [-0.39, 0.29) is 11.6 Å². The number of amides is 1. The molecule has 0 radical (unpaired) electrons. The maximum absolute atomic E-state index is 12.7. The smallest absolute Gasteiger partial charge is 0.262 e. The highest BCUT2D eigenvalue weighted by Gasteiger charge is 2.16. The molecular weight excluding hydrogens is 374 g/mol. The van der Waals surface area contributed by atoms with Gasteiger partial charge in [0.05, 0.1) is 30.8 Å². The maximum atomic E-state index is 12.7. The van der Waals surface area contributed by atoms with E-state index in [0.717, 1.165) is 11.1 Å². The topological polar surface area (TPSA) is 94.5 Å². The molecule has 0 saturated heterocycles. The monoisotopic (exact) mass is 395 g/mol. The number of nitrogens with zero attached hydrogens (tertiary/aromatic N) is 4. The Bertz CT molecular complexity index is 1120. The van der Waals surface area contributed by atoms with Gasteiger partial charge >= 0.3 is 0 Å². The van der Waals surface area contributed by atoms with Gasteiger partial charge in [-0.05, 0) is 18.6 Å². The van der Waals surface area contributed by atoms with Gasteiger partial charge in [0, 0.05) is 17.3 Å². The summed E-state index contributed by atoms with van der Waals surface area (Å²) < 4.78 is 1.66. The van der Waals surface area contributed by atoms with Gasteiger partial charge < -0.3 is 5.32 Å². The number of nitriles is 2. The number of carbonyl (C=O) groups is 1. The van der Waals surface area contributed by atoms with Crippen LogP contribution in [-0.4, -0.2) is 15.7 Å². The van der Waals surface area contributed by atoms with Crippen LogP contribution in [0.25, 0.3) is 17.3 Å². The molecule has 6 nitrogen and oxygen atoms in total. The van der Waals surface area contributed by atoms with Gasteiger partial charge in [0.25, 0.3) is 5.91 Å². The van der Waals surface area contributed by atoms with Gasteiger partial charge in [-0.3, -0.25) is 9.48 Å². The summed E-state index contributed by atoms with van der Waals surface area (Å²) in [6.45, 7) is 2.31. The number of benzene rings is 2. The lowest BCUT2D eigenvalue weighted by atomic mass is 10.1. The minimum Gasteiger partial charge on any atom is -0.345 e. The molecule has 0 saturated carbocycles. The molecular formula is C24H21N5O. The van der Waals surface area contributed by atoms with Crippen molar-refractivity contribution in [3.8, 4) is 23.4 Å². The van der Waals surface area contributed by atoms with E-state index < -0.39 is 5.91 Å². The van der Waals surface area contributed by atoms with Crippen LogP contribution in [0.3, 0.4) is 0 Å². The summed E-state index contributed by atoms with van der Waals surface area (Å²) >= 11 is 0. The van der Waals surface area contributed by atoms with Crippen molar-refractivity contribution in [1.82, 2.24) is 15.1 Å². The van der Waals surface area contributed by atoms with Crippen molar-refractivity contribution in [2.45, 2.75) is 25.9 Å². The first-order chi connectivity index (χ1) is 14.6. The SMILES string of the molecule is C[C@H](NC(=O)/C(C#N)=C/c1cn(CCC#N)nc1-c1ccccc1)c1ccccc1. The summed E-state index contributed by atoms with van der Waals surface area (Å²) in [6.07, 6.45) is 3.62. The number of rotatable bonds is 7. The van der Waals surface area contributed by atoms with E-state index in [1.807, 2.05) is 73.7 Å². The van der Waals surface area contributed by atoms with E-state index in [4.69, 9.17) is 5.26 Å². The number of aromatic nitrogens is 2. The van der Waals surface area contributed by atoms with Crippen LogP contribution < -0.4 is 5.32 Å². The van der Waals surface area contributed by atoms with Crippen molar-refractivity contribution >= 4 is 12.0 Å². The second kappa shape index (κ2) is 9.86. The summed E-state index contributed by atoms with van der Waals surface area (Å²) in [4.78, 5) is 12.7. The highest BCUT2D eigenvalue weighted by Crippen LogP contribution is 2.24. The summed E-state index contributed by atoms with van der Waals surface area (Å²) in [5.41, 5.74) is 3.13. The largest absolute Gasteiger partial charge is 0.345 e.